The molecule has 0 aliphatic rings. The van der Waals surface area contributed by atoms with Gasteiger partial charge in [0.25, 0.3) is 0 Å². The number of carbonyl (C=O) groups is 5. The van der Waals surface area contributed by atoms with E-state index in [1.807, 2.05) is 0 Å². The second-order valence-electron chi connectivity index (χ2n) is 7.42. The maximum atomic E-state index is 12.9. The van der Waals surface area contributed by atoms with Crippen LogP contribution in [0.3, 0.4) is 0 Å². The standard InChI is InChI=1S/C20H28N4O8/c1-10(2)17(19(30)23-14(20(31)32)8-16(27)28)24-18(29)13(22-15(26)9-21)7-11-3-5-12(25)6-4-11/h3-6,10,13-14,17,25H,7-9,21H2,1-2H3,(H,22,26)(H,23,30)(H,24,29)(H,27,28)(H,31,32). The third kappa shape index (κ3) is 8.60. The van der Waals surface area contributed by atoms with Crippen LogP contribution in [0.4, 0.5) is 0 Å². The maximum absolute atomic E-state index is 12.9. The first-order chi connectivity index (χ1) is 14.9. The summed E-state index contributed by atoms with van der Waals surface area (Å²) in [6.07, 6.45) is -0.809. The van der Waals surface area contributed by atoms with Gasteiger partial charge in [0.15, 0.2) is 0 Å². The SMILES string of the molecule is CC(C)C(NC(=O)C(Cc1ccc(O)cc1)NC(=O)CN)C(=O)NC(CC(=O)O)C(=O)O. The molecule has 0 saturated carbocycles. The number of phenols is 1. The fourth-order valence-electron chi connectivity index (χ4n) is 2.76. The smallest absolute Gasteiger partial charge is 0.326 e. The number of aliphatic carboxylic acids is 2. The Morgan fingerprint density at radius 1 is 0.906 bits per heavy atom. The number of hydrogen-bond acceptors (Lipinski definition) is 7. The second kappa shape index (κ2) is 12.2. The molecule has 3 atom stereocenters. The maximum Gasteiger partial charge on any atom is 0.326 e. The van der Waals surface area contributed by atoms with E-state index >= 15 is 0 Å². The van der Waals surface area contributed by atoms with Crippen LogP contribution in [0.5, 0.6) is 5.75 Å². The summed E-state index contributed by atoms with van der Waals surface area (Å²) in [5, 5.41) is 34.4. The first-order valence-electron chi connectivity index (χ1n) is 9.77. The van der Waals surface area contributed by atoms with Gasteiger partial charge in [-0.05, 0) is 23.6 Å². The number of carboxylic acid groups (broad SMARTS) is 2. The van der Waals surface area contributed by atoms with Gasteiger partial charge in [-0.3, -0.25) is 19.2 Å². The highest BCUT2D eigenvalue weighted by Gasteiger charge is 2.32. The average molecular weight is 452 g/mol. The van der Waals surface area contributed by atoms with Crippen LogP contribution in [0, 0.1) is 5.92 Å². The van der Waals surface area contributed by atoms with Gasteiger partial charge in [-0.25, -0.2) is 4.79 Å². The number of rotatable bonds is 12. The number of benzene rings is 1. The van der Waals surface area contributed by atoms with E-state index in [4.69, 9.17) is 15.9 Å². The lowest BCUT2D eigenvalue weighted by molar-refractivity contribution is -0.147. The molecule has 1 aromatic rings. The topological polar surface area (TPSA) is 208 Å². The summed E-state index contributed by atoms with van der Waals surface area (Å²) in [7, 11) is 0. The van der Waals surface area contributed by atoms with Crippen LogP contribution in [0.2, 0.25) is 0 Å². The third-order valence-corrected chi connectivity index (χ3v) is 4.45. The van der Waals surface area contributed by atoms with Gasteiger partial charge in [0.2, 0.25) is 17.7 Å². The van der Waals surface area contributed by atoms with Crippen LogP contribution in [-0.2, 0) is 30.4 Å². The summed E-state index contributed by atoms with van der Waals surface area (Å²) in [4.78, 5) is 59.3. The van der Waals surface area contributed by atoms with E-state index in [0.29, 0.717) is 5.56 Å². The van der Waals surface area contributed by atoms with Gasteiger partial charge in [0.1, 0.15) is 23.9 Å². The van der Waals surface area contributed by atoms with Crippen molar-refractivity contribution in [2.75, 3.05) is 6.54 Å². The van der Waals surface area contributed by atoms with Crippen LogP contribution in [-0.4, -0.2) is 69.7 Å². The molecule has 0 bridgehead atoms. The fraction of sp³-hybridized carbons (Fsp3) is 0.450. The van der Waals surface area contributed by atoms with E-state index in [1.54, 1.807) is 26.0 Å². The summed E-state index contributed by atoms with van der Waals surface area (Å²) in [6.45, 7) is 2.83. The molecule has 12 heteroatoms. The molecule has 3 amide bonds. The van der Waals surface area contributed by atoms with Crippen molar-refractivity contribution in [2.24, 2.45) is 11.7 Å². The van der Waals surface area contributed by atoms with E-state index in [-0.39, 0.29) is 18.7 Å². The molecule has 0 aromatic heterocycles. The third-order valence-electron chi connectivity index (χ3n) is 4.45. The first kappa shape index (κ1) is 26.4. The Hall–Kier alpha value is -3.67. The van der Waals surface area contributed by atoms with Gasteiger partial charge in [-0.2, -0.15) is 0 Å². The molecule has 0 spiro atoms. The van der Waals surface area contributed by atoms with Crippen molar-refractivity contribution in [3.05, 3.63) is 29.8 Å². The molecule has 1 rings (SSSR count). The minimum Gasteiger partial charge on any atom is -0.508 e. The van der Waals surface area contributed by atoms with E-state index in [9.17, 15) is 29.1 Å². The predicted molar refractivity (Wildman–Crippen MR) is 111 cm³/mol. The van der Waals surface area contributed by atoms with Crippen molar-refractivity contribution < 1.29 is 39.3 Å². The lowest BCUT2D eigenvalue weighted by atomic mass is 10.00. The molecule has 32 heavy (non-hydrogen) atoms. The summed E-state index contributed by atoms with van der Waals surface area (Å²) < 4.78 is 0. The Kier molecular flexibility index (Phi) is 10.1. The lowest BCUT2D eigenvalue weighted by Crippen LogP contribution is -2.58. The molecular weight excluding hydrogens is 424 g/mol. The monoisotopic (exact) mass is 452 g/mol. The van der Waals surface area contributed by atoms with E-state index in [1.165, 1.54) is 12.1 Å². The molecule has 0 aliphatic carbocycles. The van der Waals surface area contributed by atoms with E-state index in [0.717, 1.165) is 0 Å². The molecule has 0 fully saturated rings. The number of nitrogens with two attached hydrogens (primary N) is 1. The molecule has 0 radical (unpaired) electrons. The van der Waals surface area contributed by atoms with Crippen molar-refractivity contribution in [3.8, 4) is 5.75 Å². The molecule has 12 nitrogen and oxygen atoms in total. The highest BCUT2D eigenvalue weighted by molar-refractivity contribution is 5.94. The number of phenolic OH excluding ortho intramolecular Hbond substituents is 1. The minimum absolute atomic E-state index is 0.0200. The lowest BCUT2D eigenvalue weighted by Gasteiger charge is -2.26. The first-order valence-corrected chi connectivity index (χ1v) is 9.77. The highest BCUT2D eigenvalue weighted by Crippen LogP contribution is 2.12. The molecule has 0 heterocycles. The van der Waals surface area contributed by atoms with Crippen molar-refractivity contribution in [1.29, 1.82) is 0 Å². The molecule has 0 saturated heterocycles. The van der Waals surface area contributed by atoms with E-state index < -0.39 is 60.1 Å². The number of carboxylic acids is 2. The van der Waals surface area contributed by atoms with Crippen LogP contribution in [0.25, 0.3) is 0 Å². The van der Waals surface area contributed by atoms with Crippen molar-refractivity contribution in [1.82, 2.24) is 16.0 Å². The van der Waals surface area contributed by atoms with Gasteiger partial charge >= 0.3 is 11.9 Å². The van der Waals surface area contributed by atoms with Gasteiger partial charge in [0, 0.05) is 6.42 Å². The van der Waals surface area contributed by atoms with Gasteiger partial charge in [-0.15, -0.1) is 0 Å². The van der Waals surface area contributed by atoms with Gasteiger partial charge in [-0.1, -0.05) is 26.0 Å². The second-order valence-corrected chi connectivity index (χ2v) is 7.42. The summed E-state index contributed by atoms with van der Waals surface area (Å²) in [5.74, 6) is -5.63. The Bertz CT molecular complexity index is 841. The Morgan fingerprint density at radius 3 is 1.97 bits per heavy atom. The zero-order valence-electron chi connectivity index (χ0n) is 17.7. The van der Waals surface area contributed by atoms with Crippen LogP contribution in [0.15, 0.2) is 24.3 Å². The molecule has 1 aromatic carbocycles. The number of amides is 3. The zero-order chi connectivity index (χ0) is 24.4. The normalized spacial score (nSPS) is 13.5. The fourth-order valence-corrected chi connectivity index (χ4v) is 2.76. The van der Waals surface area contributed by atoms with Crippen molar-refractivity contribution >= 4 is 29.7 Å². The summed E-state index contributed by atoms with van der Waals surface area (Å²) >= 11 is 0. The molecule has 3 unspecified atom stereocenters. The minimum atomic E-state index is -1.68. The predicted octanol–water partition coefficient (Wildman–Crippen LogP) is -1.44. The van der Waals surface area contributed by atoms with Crippen LogP contribution >= 0.6 is 0 Å². The average Bonchev–Trinajstić information content (AvgIpc) is 2.71. The molecular formula is C20H28N4O8. The van der Waals surface area contributed by atoms with Gasteiger partial charge in [0.05, 0.1) is 13.0 Å². The largest absolute Gasteiger partial charge is 0.508 e. The zero-order valence-corrected chi connectivity index (χ0v) is 17.7. The van der Waals surface area contributed by atoms with Crippen LogP contribution in [0.1, 0.15) is 25.8 Å². The Labute approximate surface area is 184 Å². The summed E-state index contributed by atoms with van der Waals surface area (Å²) in [5.41, 5.74) is 5.92. The summed E-state index contributed by atoms with van der Waals surface area (Å²) in [6, 6.07) is 1.94. The number of hydrogen-bond donors (Lipinski definition) is 7. The van der Waals surface area contributed by atoms with E-state index in [2.05, 4.69) is 16.0 Å². The van der Waals surface area contributed by atoms with Crippen LogP contribution < -0.4 is 21.7 Å². The van der Waals surface area contributed by atoms with Crippen molar-refractivity contribution in [2.45, 2.75) is 44.8 Å². The molecule has 8 N–H and O–H groups in total. The Morgan fingerprint density at radius 2 is 1.50 bits per heavy atom. The highest BCUT2D eigenvalue weighted by atomic mass is 16.4. The number of nitrogens with one attached hydrogen (secondary N) is 3. The Balaban J connectivity index is 3.01. The molecule has 0 aliphatic heterocycles. The molecule has 176 valence electrons. The van der Waals surface area contributed by atoms with Gasteiger partial charge < -0.3 is 37.0 Å². The number of aromatic hydroxyl groups is 1. The van der Waals surface area contributed by atoms with Crippen molar-refractivity contribution in [3.63, 3.8) is 0 Å². The quantitative estimate of drug-likeness (QED) is 0.198. The number of carbonyl (C=O) groups excluding carboxylic acids is 3.